The van der Waals surface area contributed by atoms with Gasteiger partial charge in [-0.25, -0.2) is 0 Å². The van der Waals surface area contributed by atoms with Crippen molar-refractivity contribution >= 4 is 5.91 Å². The fourth-order valence-electron chi connectivity index (χ4n) is 4.92. The summed E-state index contributed by atoms with van der Waals surface area (Å²) in [6, 6.07) is -0.0760. The number of hydrogen-bond donors (Lipinski definition) is 3. The van der Waals surface area contributed by atoms with Crippen molar-refractivity contribution in [2.75, 3.05) is 6.54 Å². The molecule has 3 rings (SSSR count). The first-order chi connectivity index (χ1) is 11.3. The Kier molecular flexibility index (Phi) is 6.35. The highest BCUT2D eigenvalue weighted by molar-refractivity contribution is 5.82. The Morgan fingerprint density at radius 1 is 0.870 bits per heavy atom. The molecule has 4 heteroatoms. The third-order valence-electron chi connectivity index (χ3n) is 6.34. The van der Waals surface area contributed by atoms with Crippen LogP contribution >= 0.6 is 0 Å². The molecule has 1 amide bonds. The maximum atomic E-state index is 12.6. The Morgan fingerprint density at radius 2 is 1.48 bits per heavy atom. The molecule has 0 aromatic heterocycles. The average molecular weight is 322 g/mol. The summed E-state index contributed by atoms with van der Waals surface area (Å²) in [5.41, 5.74) is 0. The molecule has 0 aromatic carbocycles. The first kappa shape index (κ1) is 17.2. The molecule has 1 saturated heterocycles. The smallest absolute Gasteiger partial charge is 0.237 e. The first-order valence-corrected chi connectivity index (χ1v) is 9.97. The topological polar surface area (TPSA) is 61.4 Å². The highest BCUT2D eigenvalue weighted by Gasteiger charge is 2.37. The number of carbonyl (C=O) groups is 1. The van der Waals surface area contributed by atoms with Crippen LogP contribution in [0.4, 0.5) is 0 Å². The Bertz CT molecular complexity index is 370. The van der Waals surface area contributed by atoms with Gasteiger partial charge in [0.1, 0.15) is 0 Å². The van der Waals surface area contributed by atoms with Crippen molar-refractivity contribution in [3.8, 4) is 0 Å². The number of aliphatic hydroxyl groups is 1. The van der Waals surface area contributed by atoms with Gasteiger partial charge in [0.05, 0.1) is 18.2 Å². The number of aliphatic hydroxyl groups excluding tert-OH is 1. The lowest BCUT2D eigenvalue weighted by molar-refractivity contribution is -0.125. The van der Waals surface area contributed by atoms with Gasteiger partial charge < -0.3 is 15.7 Å². The molecule has 3 N–H and O–H groups in total. The van der Waals surface area contributed by atoms with Crippen molar-refractivity contribution in [3.05, 3.63) is 0 Å². The second kappa shape index (κ2) is 8.48. The molecule has 0 aromatic rings. The molecule has 0 bridgehead atoms. The maximum Gasteiger partial charge on any atom is 0.237 e. The van der Waals surface area contributed by atoms with Gasteiger partial charge in [-0.05, 0) is 56.9 Å². The van der Waals surface area contributed by atoms with Gasteiger partial charge in [0, 0.05) is 0 Å². The zero-order chi connectivity index (χ0) is 16.1. The van der Waals surface area contributed by atoms with Crippen LogP contribution in [-0.4, -0.2) is 35.7 Å². The highest BCUT2D eigenvalue weighted by Crippen LogP contribution is 2.34. The van der Waals surface area contributed by atoms with Gasteiger partial charge >= 0.3 is 0 Å². The Morgan fingerprint density at radius 3 is 2.04 bits per heavy atom. The third-order valence-corrected chi connectivity index (χ3v) is 6.34. The molecular weight excluding hydrogens is 288 g/mol. The van der Waals surface area contributed by atoms with Crippen molar-refractivity contribution in [2.45, 2.75) is 95.2 Å². The summed E-state index contributed by atoms with van der Waals surface area (Å²) in [5, 5.41) is 17.6. The van der Waals surface area contributed by atoms with Crippen LogP contribution in [0.2, 0.25) is 0 Å². The quantitative estimate of drug-likeness (QED) is 0.729. The van der Waals surface area contributed by atoms with E-state index >= 15 is 0 Å². The van der Waals surface area contributed by atoms with Crippen LogP contribution in [0.15, 0.2) is 0 Å². The summed E-state index contributed by atoms with van der Waals surface area (Å²) in [6.45, 7) is 0.942. The molecular formula is C19H34N2O2. The minimum absolute atomic E-state index is 0.0340. The van der Waals surface area contributed by atoms with Crippen molar-refractivity contribution in [1.82, 2.24) is 10.6 Å². The van der Waals surface area contributed by atoms with Crippen LogP contribution in [0, 0.1) is 11.8 Å². The summed E-state index contributed by atoms with van der Waals surface area (Å²) in [6.07, 6.45) is 13.8. The second-order valence-electron chi connectivity index (χ2n) is 7.97. The van der Waals surface area contributed by atoms with E-state index in [0.717, 1.165) is 45.1 Å². The van der Waals surface area contributed by atoms with Crippen LogP contribution in [0.25, 0.3) is 0 Å². The predicted octanol–water partition coefficient (Wildman–Crippen LogP) is 2.74. The zero-order valence-electron chi connectivity index (χ0n) is 14.4. The molecule has 2 saturated carbocycles. The molecule has 1 heterocycles. The van der Waals surface area contributed by atoms with Crippen LogP contribution < -0.4 is 10.6 Å². The van der Waals surface area contributed by atoms with Gasteiger partial charge in [-0.1, -0.05) is 38.5 Å². The Hall–Kier alpha value is -0.610. The minimum atomic E-state index is -0.358. The molecule has 3 atom stereocenters. The average Bonchev–Trinajstić information content (AvgIpc) is 3.15. The van der Waals surface area contributed by atoms with Crippen LogP contribution in [-0.2, 0) is 4.79 Å². The van der Waals surface area contributed by atoms with E-state index in [1.807, 2.05) is 0 Å². The molecule has 2 aliphatic carbocycles. The summed E-state index contributed by atoms with van der Waals surface area (Å²) in [5.74, 6) is 0.964. The van der Waals surface area contributed by atoms with E-state index < -0.39 is 0 Å². The first-order valence-electron chi connectivity index (χ1n) is 9.97. The lowest BCUT2D eigenvalue weighted by Crippen LogP contribution is -2.55. The van der Waals surface area contributed by atoms with Gasteiger partial charge in [-0.15, -0.1) is 0 Å². The largest absolute Gasteiger partial charge is 0.391 e. The second-order valence-corrected chi connectivity index (χ2v) is 7.97. The third kappa shape index (κ3) is 4.48. The number of nitrogens with one attached hydrogen (secondary N) is 2. The lowest BCUT2D eigenvalue weighted by Gasteiger charge is -2.39. The standard InChI is InChI=1S/C19H34N2O2/c22-18(15-10-5-2-6-11-15)17(14-8-3-1-4-9-14)21-19(23)16-12-7-13-20-16/h14-18,20,22H,1-13H2,(H,21,23)/t16-,17+,18+/m0/s1. The van der Waals surface area contributed by atoms with Gasteiger partial charge in [0.25, 0.3) is 0 Å². The van der Waals surface area contributed by atoms with E-state index in [1.54, 1.807) is 0 Å². The monoisotopic (exact) mass is 322 g/mol. The summed E-state index contributed by atoms with van der Waals surface area (Å²) in [7, 11) is 0. The fourth-order valence-corrected chi connectivity index (χ4v) is 4.92. The van der Waals surface area contributed by atoms with E-state index in [1.165, 1.54) is 38.5 Å². The minimum Gasteiger partial charge on any atom is -0.391 e. The van der Waals surface area contributed by atoms with E-state index in [2.05, 4.69) is 10.6 Å². The molecule has 23 heavy (non-hydrogen) atoms. The van der Waals surface area contributed by atoms with E-state index in [9.17, 15) is 9.90 Å². The highest BCUT2D eigenvalue weighted by atomic mass is 16.3. The predicted molar refractivity (Wildman–Crippen MR) is 92.1 cm³/mol. The number of rotatable bonds is 5. The number of carbonyl (C=O) groups excluding carboxylic acids is 1. The van der Waals surface area contributed by atoms with Crippen molar-refractivity contribution in [2.24, 2.45) is 11.8 Å². The van der Waals surface area contributed by atoms with E-state index in [4.69, 9.17) is 0 Å². The molecule has 0 spiro atoms. The molecule has 0 radical (unpaired) electrons. The number of hydrogen-bond acceptors (Lipinski definition) is 3. The number of amides is 1. The van der Waals surface area contributed by atoms with Crippen LogP contribution in [0.3, 0.4) is 0 Å². The van der Waals surface area contributed by atoms with Crippen molar-refractivity contribution in [3.63, 3.8) is 0 Å². The van der Waals surface area contributed by atoms with Gasteiger partial charge in [-0.2, -0.15) is 0 Å². The summed E-state index contributed by atoms with van der Waals surface area (Å²) >= 11 is 0. The SMILES string of the molecule is O=C(N[C@H](C1CCCCC1)[C@H](O)C1CCCCC1)[C@@H]1CCCN1. The Balaban J connectivity index is 1.65. The van der Waals surface area contributed by atoms with Crippen LogP contribution in [0.5, 0.6) is 0 Å². The summed E-state index contributed by atoms with van der Waals surface area (Å²) in [4.78, 5) is 12.6. The van der Waals surface area contributed by atoms with E-state index in [-0.39, 0.29) is 24.1 Å². The van der Waals surface area contributed by atoms with Gasteiger partial charge in [0.2, 0.25) is 5.91 Å². The molecule has 132 valence electrons. The van der Waals surface area contributed by atoms with Crippen LogP contribution in [0.1, 0.15) is 77.0 Å². The summed E-state index contributed by atoms with van der Waals surface area (Å²) < 4.78 is 0. The van der Waals surface area contributed by atoms with Gasteiger partial charge in [-0.3, -0.25) is 4.79 Å². The molecule has 4 nitrogen and oxygen atoms in total. The molecule has 0 unspecified atom stereocenters. The lowest BCUT2D eigenvalue weighted by atomic mass is 9.75. The zero-order valence-corrected chi connectivity index (χ0v) is 14.4. The molecule has 3 fully saturated rings. The van der Waals surface area contributed by atoms with Gasteiger partial charge in [0.15, 0.2) is 0 Å². The van der Waals surface area contributed by atoms with E-state index in [0.29, 0.717) is 11.8 Å². The normalized spacial score (nSPS) is 30.0. The Labute approximate surface area is 140 Å². The molecule has 1 aliphatic heterocycles. The maximum absolute atomic E-state index is 12.6. The fraction of sp³-hybridized carbons (Fsp3) is 0.947. The van der Waals surface area contributed by atoms with Crippen molar-refractivity contribution < 1.29 is 9.90 Å². The van der Waals surface area contributed by atoms with Crippen molar-refractivity contribution in [1.29, 1.82) is 0 Å². The molecule has 3 aliphatic rings.